The van der Waals surface area contributed by atoms with Gasteiger partial charge in [0.2, 0.25) is 0 Å². The summed E-state index contributed by atoms with van der Waals surface area (Å²) in [5.41, 5.74) is 0.540. The summed E-state index contributed by atoms with van der Waals surface area (Å²) in [6, 6.07) is 47.3. The van der Waals surface area contributed by atoms with Crippen LogP contribution in [0, 0.1) is 0 Å². The van der Waals surface area contributed by atoms with Gasteiger partial charge in [-0.25, -0.2) is 28.8 Å². The molecule has 0 saturated carbocycles. The number of hydrogen-bond donors (Lipinski definition) is 1. The van der Waals surface area contributed by atoms with Crippen molar-refractivity contribution in [2.24, 2.45) is 0 Å². The van der Waals surface area contributed by atoms with Gasteiger partial charge in [-0.1, -0.05) is 135 Å². The average molecular weight is 1140 g/mol. The zero-order chi connectivity index (χ0) is 58.3. The number of carbonyl (C=O) groups excluding carboxylic acids is 7. The second-order valence-electron chi connectivity index (χ2n) is 19.4. The predicted octanol–water partition coefficient (Wildman–Crippen LogP) is 8.72. The van der Waals surface area contributed by atoms with Crippen LogP contribution in [-0.2, 0) is 56.9 Å². The van der Waals surface area contributed by atoms with E-state index in [4.69, 9.17) is 52.1 Å². The Kier molecular flexibility index (Phi) is 22.6. The Labute approximate surface area is 479 Å². The van der Waals surface area contributed by atoms with E-state index in [1.165, 1.54) is 79.9 Å². The third-order valence-electron chi connectivity index (χ3n) is 13.6. The normalized spacial score (nSPS) is 22.0. The Hall–Kier alpha value is -8.59. The lowest BCUT2D eigenvalue weighted by molar-refractivity contribution is -0.356. The van der Waals surface area contributed by atoms with E-state index in [9.17, 15) is 38.7 Å². The fraction of sp³-hybridized carbons (Fsp3) is 0.328. The minimum absolute atomic E-state index is 0.0204. The predicted molar refractivity (Wildman–Crippen MR) is 295 cm³/mol. The van der Waals surface area contributed by atoms with Crippen molar-refractivity contribution in [2.75, 3.05) is 26.9 Å². The van der Waals surface area contributed by atoms with Crippen LogP contribution in [0.15, 0.2) is 182 Å². The van der Waals surface area contributed by atoms with E-state index in [2.05, 4.69) is 0 Å². The fourth-order valence-corrected chi connectivity index (χ4v) is 9.20. The van der Waals surface area contributed by atoms with Crippen molar-refractivity contribution < 1.29 is 90.8 Å². The second-order valence-corrected chi connectivity index (χ2v) is 19.4. The van der Waals surface area contributed by atoms with E-state index in [-0.39, 0.29) is 46.0 Å². The third-order valence-corrected chi connectivity index (χ3v) is 13.6. The number of aliphatic hydroxyl groups excluding tert-OH is 1. The van der Waals surface area contributed by atoms with Crippen LogP contribution in [0.5, 0.6) is 0 Å². The highest BCUT2D eigenvalue weighted by Crippen LogP contribution is 2.36. The summed E-state index contributed by atoms with van der Waals surface area (Å²) in [7, 11) is 1.35. The summed E-state index contributed by atoms with van der Waals surface area (Å²) in [5.74, 6) is -5.68. The van der Waals surface area contributed by atoms with Crippen molar-refractivity contribution >= 4 is 41.8 Å². The molecule has 2 heterocycles. The Balaban J connectivity index is 1.21. The molecule has 2 saturated heterocycles. The first-order valence-corrected chi connectivity index (χ1v) is 27.3. The fourth-order valence-electron chi connectivity index (χ4n) is 9.20. The molecule has 0 radical (unpaired) electrons. The zero-order valence-electron chi connectivity index (χ0n) is 45.5. The number of unbranched alkanes of at least 4 members (excludes halogenated alkanes) is 5. The van der Waals surface area contributed by atoms with Gasteiger partial charge in [0.15, 0.2) is 37.0 Å². The van der Waals surface area contributed by atoms with Gasteiger partial charge in [0.25, 0.3) is 0 Å². The first-order valence-electron chi connectivity index (χ1n) is 27.3. The van der Waals surface area contributed by atoms with Crippen LogP contribution in [0.3, 0.4) is 0 Å². The Morgan fingerprint density at radius 3 is 1.14 bits per heavy atom. The van der Waals surface area contributed by atoms with Crippen molar-refractivity contribution in [2.45, 2.75) is 106 Å². The minimum Gasteiger partial charge on any atom is -0.469 e. The van der Waals surface area contributed by atoms with Crippen LogP contribution < -0.4 is 0 Å². The van der Waals surface area contributed by atoms with Crippen molar-refractivity contribution in [3.8, 4) is 0 Å². The molecular weight excluding hydrogens is 1070 g/mol. The molecule has 6 aromatic rings. The number of rotatable bonds is 26. The standard InChI is InChI=1S/C64H64O19/c1-73-50(65)38-24-4-2-3-5-25-39-74-63-56(82-62(72)47-36-22-11-23-37-47)54(80-60(70)45-32-18-9-19-33-45)52(49(78-63)41-76-58(68)43-28-14-7-15-29-43)83-64-55(81-61(71)46-34-20-10-21-35-46)53(79-59(69)44-30-16-8-17-31-44)51(66)48(77-64)40-75-57(67)42-26-12-6-13-27-42/h6-23,26-37,48-49,51-56,63-64,66H,2-5,24-25,38-41H2,1H3/t48-,49-,51+,52-,53+,54+,55-,56-,63+,64+/m1/s1. The molecule has 434 valence electrons. The van der Waals surface area contributed by atoms with Crippen LogP contribution in [0.25, 0.3) is 0 Å². The molecule has 10 atom stereocenters. The van der Waals surface area contributed by atoms with E-state index < -0.39 is 110 Å². The number of benzene rings is 6. The molecule has 2 aliphatic heterocycles. The number of aliphatic hydroxyl groups is 1. The van der Waals surface area contributed by atoms with Crippen molar-refractivity contribution in [1.29, 1.82) is 0 Å². The average Bonchev–Trinajstić information content (AvgIpc) is 3.68. The first-order chi connectivity index (χ1) is 40.5. The van der Waals surface area contributed by atoms with Crippen LogP contribution in [0.1, 0.15) is 107 Å². The topological polar surface area (TPSA) is 241 Å². The summed E-state index contributed by atoms with van der Waals surface area (Å²) >= 11 is 0. The first kappa shape index (κ1) is 60.5. The van der Waals surface area contributed by atoms with Gasteiger partial charge in [-0.05, 0) is 85.6 Å². The monoisotopic (exact) mass is 1140 g/mol. The van der Waals surface area contributed by atoms with Gasteiger partial charge in [-0.3, -0.25) is 4.79 Å². The lowest BCUT2D eigenvalue weighted by Gasteiger charge is -2.48. The molecule has 8 rings (SSSR count). The van der Waals surface area contributed by atoms with E-state index in [1.807, 2.05) is 0 Å². The van der Waals surface area contributed by atoms with E-state index in [1.54, 1.807) is 109 Å². The van der Waals surface area contributed by atoms with Gasteiger partial charge >= 0.3 is 41.8 Å². The summed E-state index contributed by atoms with van der Waals surface area (Å²) in [5, 5.41) is 12.3. The lowest BCUT2D eigenvalue weighted by Crippen LogP contribution is -2.67. The summed E-state index contributed by atoms with van der Waals surface area (Å²) in [4.78, 5) is 96.2. The van der Waals surface area contributed by atoms with E-state index in [0.29, 0.717) is 25.7 Å². The molecule has 0 unspecified atom stereocenters. The molecule has 2 aliphatic rings. The molecule has 0 aromatic heterocycles. The molecular formula is C64H64O19. The molecule has 0 bridgehead atoms. The Morgan fingerprint density at radius 2 is 0.723 bits per heavy atom. The number of ether oxygens (including phenoxy) is 11. The minimum atomic E-state index is -1.99. The largest absolute Gasteiger partial charge is 0.469 e. The Bertz CT molecular complexity index is 3020. The molecule has 0 aliphatic carbocycles. The van der Waals surface area contributed by atoms with Crippen LogP contribution in [0.2, 0.25) is 0 Å². The maximum absolute atomic E-state index is 14.6. The van der Waals surface area contributed by atoms with Crippen LogP contribution in [-0.4, -0.2) is 135 Å². The zero-order valence-corrected chi connectivity index (χ0v) is 45.5. The van der Waals surface area contributed by atoms with Gasteiger partial charge in [0.1, 0.15) is 37.6 Å². The maximum atomic E-state index is 14.6. The molecule has 0 spiro atoms. The highest BCUT2D eigenvalue weighted by atomic mass is 16.8. The van der Waals surface area contributed by atoms with Crippen LogP contribution >= 0.6 is 0 Å². The van der Waals surface area contributed by atoms with Crippen molar-refractivity contribution in [3.63, 3.8) is 0 Å². The van der Waals surface area contributed by atoms with Crippen molar-refractivity contribution in [3.05, 3.63) is 215 Å². The molecule has 0 amide bonds. The summed E-state index contributed by atoms with van der Waals surface area (Å²) < 4.78 is 67.9. The van der Waals surface area contributed by atoms with Crippen LogP contribution in [0.4, 0.5) is 0 Å². The van der Waals surface area contributed by atoms with Gasteiger partial charge in [0.05, 0.1) is 40.5 Å². The maximum Gasteiger partial charge on any atom is 0.338 e. The summed E-state index contributed by atoms with van der Waals surface area (Å²) in [6.45, 7) is -1.33. The highest BCUT2D eigenvalue weighted by molar-refractivity contribution is 5.92. The quantitative estimate of drug-likeness (QED) is 0.0303. The Morgan fingerprint density at radius 1 is 0.386 bits per heavy atom. The number of carbonyl (C=O) groups is 7. The molecule has 19 heteroatoms. The SMILES string of the molecule is COC(=O)CCCCCCCCO[C@H]1O[C@H](COC(=O)c2ccccc2)[C@@H](O[C@@H]2O[C@H](COC(=O)c3ccccc3)[C@H](O)[C@H](OC(=O)c3ccccc3)[C@H]2OC(=O)c2ccccc2)[C@H](OC(=O)c2ccccc2)[C@H]1OC(=O)c1ccccc1. The highest BCUT2D eigenvalue weighted by Gasteiger charge is 2.57. The molecule has 19 nitrogen and oxygen atoms in total. The second kappa shape index (κ2) is 31.0. The summed E-state index contributed by atoms with van der Waals surface area (Å²) in [6.07, 6.45) is -13.1. The third kappa shape index (κ3) is 17.2. The number of esters is 7. The van der Waals surface area contributed by atoms with Gasteiger partial charge < -0.3 is 57.2 Å². The smallest absolute Gasteiger partial charge is 0.338 e. The lowest BCUT2D eigenvalue weighted by atomic mass is 9.95. The number of hydrogen-bond acceptors (Lipinski definition) is 19. The molecule has 83 heavy (non-hydrogen) atoms. The molecule has 2 fully saturated rings. The number of methoxy groups -OCH3 is 1. The molecule has 1 N–H and O–H groups in total. The van der Waals surface area contributed by atoms with E-state index >= 15 is 0 Å². The van der Waals surface area contributed by atoms with E-state index in [0.717, 1.165) is 19.3 Å². The molecule has 6 aromatic carbocycles. The van der Waals surface area contributed by atoms with Crippen molar-refractivity contribution in [1.82, 2.24) is 0 Å². The van der Waals surface area contributed by atoms with Gasteiger partial charge in [-0.2, -0.15) is 0 Å². The van der Waals surface area contributed by atoms with Gasteiger partial charge in [0, 0.05) is 13.0 Å². The van der Waals surface area contributed by atoms with Gasteiger partial charge in [-0.15, -0.1) is 0 Å².